The van der Waals surface area contributed by atoms with Crippen molar-refractivity contribution in [2.24, 2.45) is 0 Å². The Morgan fingerprint density at radius 3 is 1.50 bits per heavy atom. The molecular weight excluding hydrogens is 462 g/mol. The Balaban J connectivity index is 2.05. The zero-order valence-corrected chi connectivity index (χ0v) is 21.8. The monoisotopic (exact) mass is 497 g/mol. The number of rotatable bonds is 11. The molecule has 9 heteroatoms. The summed E-state index contributed by atoms with van der Waals surface area (Å²) in [6.07, 6.45) is 2.84. The average molecular weight is 498 g/mol. The van der Waals surface area contributed by atoms with E-state index in [-0.39, 0.29) is 23.8 Å². The molecule has 5 N–H and O–H groups in total. The fourth-order valence-electron chi connectivity index (χ4n) is 5.09. The predicted octanol–water partition coefficient (Wildman–Crippen LogP) is 4.40. The van der Waals surface area contributed by atoms with E-state index in [0.717, 1.165) is 56.2 Å². The van der Waals surface area contributed by atoms with Crippen LogP contribution in [0.25, 0.3) is 0 Å². The first-order valence-corrected chi connectivity index (χ1v) is 12.2. The van der Waals surface area contributed by atoms with Crippen LogP contribution in [0.1, 0.15) is 97.4 Å². The summed E-state index contributed by atoms with van der Waals surface area (Å²) < 4.78 is 4.84. The molecule has 0 saturated carbocycles. The van der Waals surface area contributed by atoms with Crippen molar-refractivity contribution in [3.8, 4) is 0 Å². The molecule has 3 rings (SSSR count). The third kappa shape index (κ3) is 5.10. The van der Waals surface area contributed by atoms with Gasteiger partial charge >= 0.3 is 17.9 Å². The Labute approximate surface area is 210 Å². The number of H-pyrrole nitrogens is 3. The third-order valence-corrected chi connectivity index (χ3v) is 7.19. The Kier molecular flexibility index (Phi) is 8.12. The van der Waals surface area contributed by atoms with E-state index in [1.54, 1.807) is 0 Å². The smallest absolute Gasteiger partial charge is 0.352 e. The quantitative estimate of drug-likeness (QED) is 0.248. The van der Waals surface area contributed by atoms with E-state index in [1.807, 2.05) is 34.6 Å². The summed E-state index contributed by atoms with van der Waals surface area (Å²) in [6.45, 7) is 9.70. The van der Waals surface area contributed by atoms with Crippen LogP contribution in [-0.4, -0.2) is 50.2 Å². The second-order valence-corrected chi connectivity index (χ2v) is 9.10. The molecule has 9 nitrogen and oxygen atoms in total. The van der Waals surface area contributed by atoms with Crippen LogP contribution < -0.4 is 0 Å². The average Bonchev–Trinajstić information content (AvgIpc) is 3.44. The lowest BCUT2D eigenvalue weighted by molar-refractivity contribution is -0.140. The number of carbonyl (C=O) groups is 3. The van der Waals surface area contributed by atoms with Crippen molar-refractivity contribution in [2.45, 2.75) is 73.1 Å². The number of aromatic nitrogens is 3. The minimum atomic E-state index is -0.987. The highest BCUT2D eigenvalue weighted by Gasteiger charge is 2.23. The Morgan fingerprint density at radius 2 is 1.11 bits per heavy atom. The number of esters is 1. The van der Waals surface area contributed by atoms with E-state index in [1.165, 1.54) is 7.11 Å². The fourth-order valence-corrected chi connectivity index (χ4v) is 5.09. The molecule has 0 amide bonds. The number of carbonyl (C=O) groups excluding carboxylic acids is 1. The van der Waals surface area contributed by atoms with Gasteiger partial charge < -0.3 is 29.9 Å². The third-order valence-electron chi connectivity index (χ3n) is 7.19. The van der Waals surface area contributed by atoms with Gasteiger partial charge in [0.2, 0.25) is 0 Å². The maximum Gasteiger partial charge on any atom is 0.352 e. The molecule has 0 aliphatic carbocycles. The van der Waals surface area contributed by atoms with Crippen molar-refractivity contribution in [3.05, 3.63) is 67.5 Å². The van der Waals surface area contributed by atoms with Crippen LogP contribution >= 0.6 is 0 Å². The SMILES string of the molecule is CCc1c(C(=O)O)[nH]c(Cc2[nH]c(Cc3[nH]c(C(=O)O)c(CC)c3C)c(CCC(=O)OC)c2C)c1C. The van der Waals surface area contributed by atoms with E-state index in [0.29, 0.717) is 32.1 Å². The van der Waals surface area contributed by atoms with E-state index >= 15 is 0 Å². The van der Waals surface area contributed by atoms with Crippen molar-refractivity contribution in [1.82, 2.24) is 15.0 Å². The number of methoxy groups -OCH3 is 1. The van der Waals surface area contributed by atoms with Gasteiger partial charge in [-0.1, -0.05) is 13.8 Å². The molecule has 3 aromatic rings. The van der Waals surface area contributed by atoms with Crippen molar-refractivity contribution >= 4 is 17.9 Å². The van der Waals surface area contributed by atoms with Crippen molar-refractivity contribution < 1.29 is 29.3 Å². The predicted molar refractivity (Wildman–Crippen MR) is 135 cm³/mol. The molecule has 0 spiro atoms. The maximum absolute atomic E-state index is 11.9. The molecule has 0 bridgehead atoms. The highest BCUT2D eigenvalue weighted by molar-refractivity contribution is 5.88. The molecule has 3 heterocycles. The summed E-state index contributed by atoms with van der Waals surface area (Å²) in [6, 6.07) is 0. The zero-order chi connectivity index (χ0) is 26.7. The van der Waals surface area contributed by atoms with Gasteiger partial charge in [0.1, 0.15) is 11.4 Å². The lowest BCUT2D eigenvalue weighted by Gasteiger charge is -2.06. The van der Waals surface area contributed by atoms with E-state index in [9.17, 15) is 24.6 Å². The van der Waals surface area contributed by atoms with Crippen LogP contribution in [0.2, 0.25) is 0 Å². The van der Waals surface area contributed by atoms with E-state index < -0.39 is 11.9 Å². The molecule has 0 unspecified atom stereocenters. The number of hydrogen-bond donors (Lipinski definition) is 5. The Morgan fingerprint density at radius 1 is 0.694 bits per heavy atom. The first-order chi connectivity index (χ1) is 17.0. The molecule has 0 fully saturated rings. The number of carboxylic acid groups (broad SMARTS) is 2. The van der Waals surface area contributed by atoms with E-state index in [4.69, 9.17) is 4.74 Å². The molecule has 194 valence electrons. The van der Waals surface area contributed by atoms with Crippen LogP contribution in [0.5, 0.6) is 0 Å². The summed E-state index contributed by atoms with van der Waals surface area (Å²) in [5.41, 5.74) is 9.30. The number of nitrogens with one attached hydrogen (secondary N) is 3. The number of carboxylic acids is 2. The number of aromatic carboxylic acids is 2. The summed E-state index contributed by atoms with van der Waals surface area (Å²) in [4.78, 5) is 45.0. The standard InChI is InChI=1S/C27H35N3O6/c1-7-16-13(3)20(29-24(16)26(32)33)11-19-15(5)18(9-10-23(31)36-6)22(28-19)12-21-14(4)17(8-2)25(30-21)27(34)35/h28-30H,7-12H2,1-6H3,(H,32,33)(H,34,35). The minimum absolute atomic E-state index is 0.208. The molecule has 0 saturated heterocycles. The zero-order valence-electron chi connectivity index (χ0n) is 21.8. The van der Waals surface area contributed by atoms with Gasteiger partial charge in [0.05, 0.1) is 7.11 Å². The minimum Gasteiger partial charge on any atom is -0.477 e. The Bertz CT molecular complexity index is 1310. The number of ether oxygens (including phenoxy) is 1. The van der Waals surface area contributed by atoms with Crippen LogP contribution in [0.4, 0.5) is 0 Å². The molecule has 0 atom stereocenters. The van der Waals surface area contributed by atoms with Crippen LogP contribution in [0.15, 0.2) is 0 Å². The van der Waals surface area contributed by atoms with Gasteiger partial charge in [-0.3, -0.25) is 4.79 Å². The molecule has 0 aromatic carbocycles. The molecule has 3 aromatic heterocycles. The van der Waals surface area contributed by atoms with Crippen LogP contribution in [-0.2, 0) is 41.6 Å². The lowest BCUT2D eigenvalue weighted by atomic mass is 9.99. The summed E-state index contributed by atoms with van der Waals surface area (Å²) >= 11 is 0. The second-order valence-electron chi connectivity index (χ2n) is 9.10. The largest absolute Gasteiger partial charge is 0.477 e. The van der Waals surface area contributed by atoms with Gasteiger partial charge in [0, 0.05) is 42.0 Å². The number of hydrogen-bond acceptors (Lipinski definition) is 4. The Hall–Kier alpha value is -3.75. The molecule has 0 aliphatic rings. The van der Waals surface area contributed by atoms with Gasteiger partial charge in [-0.15, -0.1) is 0 Å². The highest BCUT2D eigenvalue weighted by Crippen LogP contribution is 2.29. The van der Waals surface area contributed by atoms with Gasteiger partial charge in [-0.25, -0.2) is 9.59 Å². The van der Waals surface area contributed by atoms with Gasteiger partial charge in [0.25, 0.3) is 0 Å². The second kappa shape index (κ2) is 10.9. The molecule has 36 heavy (non-hydrogen) atoms. The first-order valence-electron chi connectivity index (χ1n) is 12.2. The van der Waals surface area contributed by atoms with E-state index in [2.05, 4.69) is 15.0 Å². The summed E-state index contributed by atoms with van der Waals surface area (Å²) in [5.74, 6) is -2.27. The van der Waals surface area contributed by atoms with Gasteiger partial charge in [-0.05, 0) is 73.4 Å². The molecule has 0 radical (unpaired) electrons. The van der Waals surface area contributed by atoms with Crippen molar-refractivity contribution in [2.75, 3.05) is 7.11 Å². The lowest BCUT2D eigenvalue weighted by Crippen LogP contribution is -2.04. The van der Waals surface area contributed by atoms with Crippen molar-refractivity contribution in [3.63, 3.8) is 0 Å². The molecule has 0 aliphatic heterocycles. The maximum atomic E-state index is 11.9. The van der Waals surface area contributed by atoms with Gasteiger partial charge in [0.15, 0.2) is 0 Å². The first kappa shape index (κ1) is 26.8. The summed E-state index contributed by atoms with van der Waals surface area (Å²) in [7, 11) is 1.36. The normalized spacial score (nSPS) is 11.2. The summed E-state index contributed by atoms with van der Waals surface area (Å²) in [5, 5.41) is 19.2. The topological polar surface area (TPSA) is 148 Å². The van der Waals surface area contributed by atoms with Crippen LogP contribution in [0, 0.1) is 20.8 Å². The molecular formula is C27H35N3O6. The highest BCUT2D eigenvalue weighted by atomic mass is 16.5. The van der Waals surface area contributed by atoms with Crippen molar-refractivity contribution in [1.29, 1.82) is 0 Å². The van der Waals surface area contributed by atoms with Gasteiger partial charge in [-0.2, -0.15) is 0 Å². The number of aromatic amines is 3. The fraction of sp³-hybridized carbons (Fsp3) is 0.444. The van der Waals surface area contributed by atoms with Crippen LogP contribution in [0.3, 0.4) is 0 Å².